The Kier molecular flexibility index (Phi) is 6.13. The second kappa shape index (κ2) is 8.42. The van der Waals surface area contributed by atoms with Gasteiger partial charge in [0.05, 0.1) is 16.2 Å². The largest absolute Gasteiger partial charge is 0.362 e. The summed E-state index contributed by atoms with van der Waals surface area (Å²) >= 11 is 6.63. The number of amides is 1. The minimum atomic E-state index is -0.0918. The molecule has 0 saturated carbocycles. The van der Waals surface area contributed by atoms with Crippen LogP contribution in [0, 0.1) is 0 Å². The molecule has 1 aliphatic heterocycles. The Balaban J connectivity index is 1.91. The number of rotatable bonds is 5. The summed E-state index contributed by atoms with van der Waals surface area (Å²) in [5.41, 5.74) is 6.03. The van der Waals surface area contributed by atoms with Gasteiger partial charge in [0, 0.05) is 42.2 Å². The average Bonchev–Trinajstić information content (AvgIpc) is 2.64. The first-order chi connectivity index (χ1) is 13.7. The molecule has 0 fully saturated rings. The number of allylic oxidation sites excluding steroid dienone is 1. The van der Waals surface area contributed by atoms with Gasteiger partial charge in [0.2, 0.25) is 5.91 Å². The highest BCUT2D eigenvalue weighted by molar-refractivity contribution is 6.33. The fourth-order valence-electron chi connectivity index (χ4n) is 3.82. The molecule has 0 unspecified atom stereocenters. The molecule has 1 amide bonds. The number of benzene rings is 2. The smallest absolute Gasteiger partial charge is 0.221 e. The van der Waals surface area contributed by atoms with Crippen LogP contribution in [0.1, 0.15) is 52.2 Å². The predicted molar refractivity (Wildman–Crippen MR) is 125 cm³/mol. The van der Waals surface area contributed by atoms with E-state index in [1.54, 1.807) is 6.21 Å². The Morgan fingerprint density at radius 3 is 2.55 bits per heavy atom. The van der Waals surface area contributed by atoms with E-state index in [2.05, 4.69) is 61.1 Å². The van der Waals surface area contributed by atoms with Crippen molar-refractivity contribution in [3.63, 3.8) is 0 Å². The number of aliphatic imine (C=N–C) groups is 1. The molecular formula is C24H28ClN3O. The molecule has 2 aromatic carbocycles. The molecule has 1 aliphatic rings. The summed E-state index contributed by atoms with van der Waals surface area (Å²) < 4.78 is 0. The van der Waals surface area contributed by atoms with Gasteiger partial charge in [-0.1, -0.05) is 24.6 Å². The molecule has 29 heavy (non-hydrogen) atoms. The standard InChI is InChI=1S/C24H28ClN3O/c1-6-11-28-23-13-22(25)18(12-21(23)16(2)14-24(28,4)5)15-26-19-7-9-20(10-8-19)27-17(3)29/h7-10,12-15H,6,11H2,1-5H3,(H,27,29). The predicted octanol–water partition coefficient (Wildman–Crippen LogP) is 6.46. The van der Waals surface area contributed by atoms with Gasteiger partial charge in [-0.05, 0) is 69.2 Å². The molecule has 152 valence electrons. The van der Waals surface area contributed by atoms with E-state index in [1.165, 1.54) is 23.7 Å². The summed E-state index contributed by atoms with van der Waals surface area (Å²) in [6.07, 6.45) is 5.19. The van der Waals surface area contributed by atoms with E-state index in [9.17, 15) is 4.79 Å². The molecule has 0 atom stereocenters. The van der Waals surface area contributed by atoms with Crippen LogP contribution in [0.5, 0.6) is 0 Å². The minimum Gasteiger partial charge on any atom is -0.362 e. The van der Waals surface area contributed by atoms with E-state index in [0.29, 0.717) is 5.02 Å². The van der Waals surface area contributed by atoms with Crippen LogP contribution in [0.4, 0.5) is 17.1 Å². The lowest BCUT2D eigenvalue weighted by Gasteiger charge is -2.43. The van der Waals surface area contributed by atoms with Gasteiger partial charge in [-0.3, -0.25) is 9.79 Å². The van der Waals surface area contributed by atoms with Crippen LogP contribution in [0.25, 0.3) is 5.57 Å². The van der Waals surface area contributed by atoms with E-state index >= 15 is 0 Å². The summed E-state index contributed by atoms with van der Waals surface area (Å²) in [7, 11) is 0. The molecule has 1 heterocycles. The van der Waals surface area contributed by atoms with Crippen molar-refractivity contribution in [1.82, 2.24) is 0 Å². The average molecular weight is 410 g/mol. The molecule has 0 bridgehead atoms. The van der Waals surface area contributed by atoms with E-state index < -0.39 is 0 Å². The monoisotopic (exact) mass is 409 g/mol. The fraction of sp³-hybridized carbons (Fsp3) is 0.333. The number of nitrogens with zero attached hydrogens (tertiary/aromatic N) is 2. The zero-order valence-corrected chi connectivity index (χ0v) is 18.5. The summed E-state index contributed by atoms with van der Waals surface area (Å²) in [6.45, 7) is 11.3. The molecule has 1 N–H and O–H groups in total. The number of nitrogens with one attached hydrogen (secondary N) is 1. The van der Waals surface area contributed by atoms with Gasteiger partial charge in [0.1, 0.15) is 0 Å². The fourth-order valence-corrected chi connectivity index (χ4v) is 4.03. The van der Waals surface area contributed by atoms with E-state index in [4.69, 9.17) is 11.6 Å². The third-order valence-corrected chi connectivity index (χ3v) is 5.41. The number of carbonyl (C=O) groups excluding carboxylic acids is 1. The first-order valence-corrected chi connectivity index (χ1v) is 10.3. The lowest BCUT2D eigenvalue weighted by molar-refractivity contribution is -0.114. The summed E-state index contributed by atoms with van der Waals surface area (Å²) in [5.74, 6) is -0.0918. The Morgan fingerprint density at radius 1 is 1.24 bits per heavy atom. The number of carbonyl (C=O) groups is 1. The summed E-state index contributed by atoms with van der Waals surface area (Å²) in [4.78, 5) is 18.1. The molecule has 0 radical (unpaired) electrons. The maximum atomic E-state index is 11.1. The summed E-state index contributed by atoms with van der Waals surface area (Å²) in [6, 6.07) is 11.6. The third-order valence-electron chi connectivity index (χ3n) is 5.08. The highest BCUT2D eigenvalue weighted by Gasteiger charge is 2.31. The maximum absolute atomic E-state index is 11.1. The van der Waals surface area contributed by atoms with Gasteiger partial charge in [0.15, 0.2) is 0 Å². The summed E-state index contributed by atoms with van der Waals surface area (Å²) in [5, 5.41) is 3.44. The normalized spacial score (nSPS) is 15.2. The molecule has 3 rings (SSSR count). The molecule has 0 aliphatic carbocycles. The van der Waals surface area contributed by atoms with Crippen molar-refractivity contribution in [2.75, 3.05) is 16.8 Å². The quantitative estimate of drug-likeness (QED) is 0.576. The number of hydrogen-bond acceptors (Lipinski definition) is 3. The van der Waals surface area contributed by atoms with Crippen LogP contribution in [0.15, 0.2) is 47.5 Å². The van der Waals surface area contributed by atoms with Crippen LogP contribution < -0.4 is 10.2 Å². The third kappa shape index (κ3) is 4.70. The SMILES string of the molecule is CCCN1c2cc(Cl)c(C=Nc3ccc(NC(C)=O)cc3)cc2C(C)=CC1(C)C. The van der Waals surface area contributed by atoms with Crippen molar-refractivity contribution in [3.05, 3.63) is 58.6 Å². The molecule has 0 saturated heterocycles. The van der Waals surface area contributed by atoms with Crippen molar-refractivity contribution >= 4 is 46.4 Å². The second-order valence-corrected chi connectivity index (χ2v) is 8.42. The first kappa shape index (κ1) is 21.1. The molecular weight excluding hydrogens is 382 g/mol. The van der Waals surface area contributed by atoms with Crippen molar-refractivity contribution in [3.8, 4) is 0 Å². The molecule has 0 aromatic heterocycles. The topological polar surface area (TPSA) is 44.7 Å². The number of halogens is 1. The van der Waals surface area contributed by atoms with E-state index in [1.807, 2.05) is 24.3 Å². The van der Waals surface area contributed by atoms with Crippen LogP contribution in [-0.4, -0.2) is 24.2 Å². The van der Waals surface area contributed by atoms with E-state index in [0.717, 1.165) is 29.9 Å². The van der Waals surface area contributed by atoms with Crippen molar-refractivity contribution in [1.29, 1.82) is 0 Å². The molecule has 4 nitrogen and oxygen atoms in total. The van der Waals surface area contributed by atoms with Crippen LogP contribution in [0.3, 0.4) is 0 Å². The van der Waals surface area contributed by atoms with Gasteiger partial charge >= 0.3 is 0 Å². The van der Waals surface area contributed by atoms with Gasteiger partial charge in [0.25, 0.3) is 0 Å². The Hall–Kier alpha value is -2.59. The number of hydrogen-bond donors (Lipinski definition) is 1. The van der Waals surface area contributed by atoms with Crippen molar-refractivity contribution in [2.45, 2.75) is 46.6 Å². The zero-order chi connectivity index (χ0) is 21.2. The molecule has 0 spiro atoms. The first-order valence-electron chi connectivity index (χ1n) is 9.94. The van der Waals surface area contributed by atoms with Gasteiger partial charge in [-0.2, -0.15) is 0 Å². The Morgan fingerprint density at radius 2 is 1.93 bits per heavy atom. The van der Waals surface area contributed by atoms with Gasteiger partial charge < -0.3 is 10.2 Å². The van der Waals surface area contributed by atoms with Crippen LogP contribution in [-0.2, 0) is 4.79 Å². The van der Waals surface area contributed by atoms with Crippen molar-refractivity contribution in [2.24, 2.45) is 4.99 Å². The molecule has 5 heteroatoms. The van der Waals surface area contributed by atoms with Crippen LogP contribution in [0.2, 0.25) is 5.02 Å². The lowest BCUT2D eigenvalue weighted by Crippen LogP contribution is -2.45. The maximum Gasteiger partial charge on any atom is 0.221 e. The lowest BCUT2D eigenvalue weighted by atomic mass is 9.88. The highest BCUT2D eigenvalue weighted by atomic mass is 35.5. The minimum absolute atomic E-state index is 0.0400. The number of fused-ring (bicyclic) bond motifs is 1. The van der Waals surface area contributed by atoms with Gasteiger partial charge in [-0.15, -0.1) is 0 Å². The van der Waals surface area contributed by atoms with Crippen molar-refractivity contribution < 1.29 is 4.79 Å². The second-order valence-electron chi connectivity index (χ2n) is 8.01. The zero-order valence-electron chi connectivity index (χ0n) is 17.7. The Bertz CT molecular complexity index is 974. The Labute approximate surface area is 178 Å². The highest BCUT2D eigenvalue weighted by Crippen LogP contribution is 2.41. The van der Waals surface area contributed by atoms with Gasteiger partial charge in [-0.25, -0.2) is 0 Å². The number of anilines is 2. The molecule has 2 aromatic rings. The van der Waals surface area contributed by atoms with E-state index in [-0.39, 0.29) is 11.4 Å². The van der Waals surface area contributed by atoms with Crippen LogP contribution >= 0.6 is 11.6 Å².